The van der Waals surface area contributed by atoms with E-state index in [0.29, 0.717) is 0 Å². The SMILES string of the molecule is Cc1cc(C)cc(C)c1.N=C=S.N=C=S. The summed E-state index contributed by atoms with van der Waals surface area (Å²) in [4.78, 5) is 0. The van der Waals surface area contributed by atoms with Crippen LogP contribution in [-0.2, 0) is 0 Å². The summed E-state index contributed by atoms with van der Waals surface area (Å²) in [6.07, 6.45) is 0. The standard InChI is InChI=1S/C9H12.2CHNS/c1-7-4-8(2)6-9(3)5-7;2*2-1-3/h4-6H,1-3H3;2*2H. The Morgan fingerprint density at radius 1 is 0.800 bits per heavy atom. The topological polar surface area (TPSA) is 47.7 Å². The molecular formula is C11H14N2S2. The van der Waals surface area contributed by atoms with Crippen molar-refractivity contribution in [2.45, 2.75) is 20.8 Å². The van der Waals surface area contributed by atoms with Crippen LogP contribution in [0.15, 0.2) is 18.2 Å². The average Bonchev–Trinajstić information content (AvgIpc) is 2.03. The van der Waals surface area contributed by atoms with Gasteiger partial charge >= 0.3 is 0 Å². The molecule has 0 fully saturated rings. The van der Waals surface area contributed by atoms with Crippen molar-refractivity contribution >= 4 is 34.8 Å². The molecule has 15 heavy (non-hydrogen) atoms. The van der Waals surface area contributed by atoms with Crippen molar-refractivity contribution in [3.05, 3.63) is 34.9 Å². The smallest absolute Gasteiger partial charge is 0.0554 e. The van der Waals surface area contributed by atoms with Gasteiger partial charge in [-0.3, -0.25) is 0 Å². The fourth-order valence-corrected chi connectivity index (χ4v) is 1.20. The van der Waals surface area contributed by atoms with Crippen molar-refractivity contribution in [1.82, 2.24) is 0 Å². The molecule has 1 aromatic carbocycles. The molecule has 0 saturated carbocycles. The fourth-order valence-electron chi connectivity index (χ4n) is 1.20. The third-order valence-corrected chi connectivity index (χ3v) is 1.37. The first-order valence-electron chi connectivity index (χ1n) is 4.14. The van der Waals surface area contributed by atoms with Gasteiger partial charge in [0.05, 0.1) is 10.3 Å². The molecule has 0 atom stereocenters. The van der Waals surface area contributed by atoms with E-state index in [2.05, 4.69) is 63.4 Å². The summed E-state index contributed by atoms with van der Waals surface area (Å²) in [5.74, 6) is 0. The van der Waals surface area contributed by atoms with Gasteiger partial charge in [-0.15, -0.1) is 0 Å². The number of hydrogen-bond acceptors (Lipinski definition) is 4. The maximum atomic E-state index is 5.77. The van der Waals surface area contributed by atoms with Gasteiger partial charge in [0.1, 0.15) is 0 Å². The summed E-state index contributed by atoms with van der Waals surface area (Å²) >= 11 is 7.62. The molecule has 0 aromatic heterocycles. The molecular weight excluding hydrogens is 224 g/mol. The highest BCUT2D eigenvalue weighted by atomic mass is 32.1. The summed E-state index contributed by atoms with van der Waals surface area (Å²) in [6, 6.07) is 6.56. The zero-order valence-corrected chi connectivity index (χ0v) is 10.7. The molecule has 0 unspecified atom stereocenters. The highest BCUT2D eigenvalue weighted by molar-refractivity contribution is 7.78. The molecule has 0 spiro atoms. The largest absolute Gasteiger partial charge is 0.248 e. The lowest BCUT2D eigenvalue weighted by atomic mass is 10.1. The second-order valence-electron chi connectivity index (χ2n) is 2.87. The maximum Gasteiger partial charge on any atom is 0.0554 e. The first kappa shape index (κ1) is 16.3. The normalized spacial score (nSPS) is 6.87. The maximum absolute atomic E-state index is 5.77. The summed E-state index contributed by atoms with van der Waals surface area (Å²) in [6.45, 7) is 6.38. The first-order valence-corrected chi connectivity index (χ1v) is 4.96. The number of thiocarbonyl (C=S) groups is 2. The highest BCUT2D eigenvalue weighted by Gasteiger charge is 1.87. The Labute approximate surface area is 101 Å². The van der Waals surface area contributed by atoms with Gasteiger partial charge < -0.3 is 0 Å². The number of isothiocyanates is 2. The lowest BCUT2D eigenvalue weighted by Gasteiger charge is -1.96. The van der Waals surface area contributed by atoms with Crippen LogP contribution in [0.4, 0.5) is 0 Å². The van der Waals surface area contributed by atoms with Gasteiger partial charge in [0, 0.05) is 0 Å². The van der Waals surface area contributed by atoms with Gasteiger partial charge in [-0.2, -0.15) is 0 Å². The van der Waals surface area contributed by atoms with Crippen LogP contribution in [0.5, 0.6) is 0 Å². The van der Waals surface area contributed by atoms with Crippen LogP contribution >= 0.6 is 24.4 Å². The van der Waals surface area contributed by atoms with Gasteiger partial charge in [0.2, 0.25) is 0 Å². The summed E-state index contributed by atoms with van der Waals surface area (Å²) in [7, 11) is 0. The Balaban J connectivity index is 0. The van der Waals surface area contributed by atoms with E-state index in [4.69, 9.17) is 10.8 Å². The zero-order valence-electron chi connectivity index (χ0n) is 9.05. The van der Waals surface area contributed by atoms with Crippen molar-refractivity contribution in [2.24, 2.45) is 0 Å². The average molecular weight is 238 g/mol. The van der Waals surface area contributed by atoms with Crippen LogP contribution in [0.3, 0.4) is 0 Å². The van der Waals surface area contributed by atoms with Gasteiger partial charge in [0.25, 0.3) is 0 Å². The predicted octanol–water partition coefficient (Wildman–Crippen LogP) is 3.95. The Kier molecular flexibility index (Phi) is 11.8. The van der Waals surface area contributed by atoms with E-state index < -0.39 is 0 Å². The van der Waals surface area contributed by atoms with E-state index >= 15 is 0 Å². The quantitative estimate of drug-likeness (QED) is 0.531. The molecule has 1 rings (SSSR count). The molecule has 4 heteroatoms. The van der Waals surface area contributed by atoms with Crippen molar-refractivity contribution in [3.63, 3.8) is 0 Å². The van der Waals surface area contributed by atoms with E-state index in [1.165, 1.54) is 16.7 Å². The monoisotopic (exact) mass is 238 g/mol. The van der Waals surface area contributed by atoms with Crippen molar-refractivity contribution in [3.8, 4) is 0 Å². The van der Waals surface area contributed by atoms with Gasteiger partial charge in [-0.25, -0.2) is 10.8 Å². The van der Waals surface area contributed by atoms with Crippen LogP contribution in [0, 0.1) is 31.6 Å². The van der Waals surface area contributed by atoms with E-state index in [0.717, 1.165) is 0 Å². The zero-order chi connectivity index (χ0) is 12.3. The number of nitrogens with one attached hydrogen (secondary N) is 2. The molecule has 0 heterocycles. The van der Waals surface area contributed by atoms with Crippen molar-refractivity contribution in [2.75, 3.05) is 0 Å². The third kappa shape index (κ3) is 12.8. The number of benzene rings is 1. The van der Waals surface area contributed by atoms with E-state index in [9.17, 15) is 0 Å². The second kappa shape index (κ2) is 10.9. The lowest BCUT2D eigenvalue weighted by molar-refractivity contribution is 1.32. The Hall–Kier alpha value is -1.18. The summed E-state index contributed by atoms with van der Waals surface area (Å²) < 4.78 is 0. The number of aryl methyl sites for hydroxylation is 3. The van der Waals surface area contributed by atoms with Crippen LogP contribution < -0.4 is 0 Å². The van der Waals surface area contributed by atoms with Gasteiger partial charge in [-0.1, -0.05) is 34.9 Å². The van der Waals surface area contributed by atoms with Crippen LogP contribution in [0.25, 0.3) is 0 Å². The van der Waals surface area contributed by atoms with Gasteiger partial charge in [0.15, 0.2) is 0 Å². The molecule has 0 aliphatic rings. The minimum atomic E-state index is 1.35. The second-order valence-corrected chi connectivity index (χ2v) is 3.28. The van der Waals surface area contributed by atoms with Crippen molar-refractivity contribution < 1.29 is 0 Å². The lowest BCUT2D eigenvalue weighted by Crippen LogP contribution is -1.78. The number of rotatable bonds is 0. The molecule has 0 amide bonds. The van der Waals surface area contributed by atoms with Crippen LogP contribution in [0.1, 0.15) is 16.7 Å². The Morgan fingerprint density at radius 2 is 0.933 bits per heavy atom. The molecule has 0 aliphatic carbocycles. The minimum Gasteiger partial charge on any atom is -0.248 e. The number of hydrogen-bond donors (Lipinski definition) is 2. The molecule has 0 bridgehead atoms. The molecule has 0 saturated heterocycles. The first-order chi connectivity index (χ1) is 7.01. The fraction of sp³-hybridized carbons (Fsp3) is 0.273. The molecule has 0 aliphatic heterocycles. The molecule has 1 aromatic rings. The van der Waals surface area contributed by atoms with Crippen LogP contribution in [0.2, 0.25) is 0 Å². The van der Waals surface area contributed by atoms with Crippen LogP contribution in [-0.4, -0.2) is 10.3 Å². The van der Waals surface area contributed by atoms with Crippen molar-refractivity contribution in [1.29, 1.82) is 10.8 Å². The summed E-state index contributed by atoms with van der Waals surface area (Å²) in [5.41, 5.74) is 4.06. The molecule has 0 radical (unpaired) electrons. The van der Waals surface area contributed by atoms with Gasteiger partial charge in [-0.05, 0) is 45.2 Å². The molecule has 2 N–H and O–H groups in total. The Bertz CT molecular complexity index is 298. The van der Waals surface area contributed by atoms with E-state index in [-0.39, 0.29) is 0 Å². The third-order valence-electron chi connectivity index (χ3n) is 1.37. The van der Waals surface area contributed by atoms with E-state index in [1.807, 2.05) is 0 Å². The highest BCUT2D eigenvalue weighted by Crippen LogP contribution is 2.06. The van der Waals surface area contributed by atoms with E-state index in [1.54, 1.807) is 10.3 Å². The Morgan fingerprint density at radius 3 is 1.07 bits per heavy atom. The predicted molar refractivity (Wildman–Crippen MR) is 71.3 cm³/mol. The summed E-state index contributed by atoms with van der Waals surface area (Å²) in [5, 5.41) is 14.7. The minimum absolute atomic E-state index is 1.35. The molecule has 80 valence electrons. The molecule has 2 nitrogen and oxygen atoms in total.